The van der Waals surface area contributed by atoms with E-state index in [1.54, 1.807) is 52.8 Å². The summed E-state index contributed by atoms with van der Waals surface area (Å²) in [5.74, 6) is 0.391. The van der Waals surface area contributed by atoms with Crippen LogP contribution in [0.3, 0.4) is 0 Å². The van der Waals surface area contributed by atoms with Gasteiger partial charge in [0.2, 0.25) is 10.0 Å². The number of fused-ring (bicyclic) bond motifs is 1. The van der Waals surface area contributed by atoms with Gasteiger partial charge in [-0.05, 0) is 52.7 Å². The van der Waals surface area contributed by atoms with E-state index in [1.807, 2.05) is 30.3 Å². The van der Waals surface area contributed by atoms with Gasteiger partial charge < -0.3 is 14.6 Å². The van der Waals surface area contributed by atoms with Crippen molar-refractivity contribution < 1.29 is 27.8 Å². The summed E-state index contributed by atoms with van der Waals surface area (Å²) in [6.07, 6.45) is 0.0251. The number of aliphatic hydroxyl groups excluding tert-OH is 1. The third-order valence-electron chi connectivity index (χ3n) is 5.47. The number of ether oxygens (including phenoxy) is 2. The number of benzene rings is 2. The first-order valence-electron chi connectivity index (χ1n) is 11.2. The van der Waals surface area contributed by atoms with Crippen LogP contribution in [0.15, 0.2) is 48.5 Å². The second-order valence-electron chi connectivity index (χ2n) is 10.1. The highest BCUT2D eigenvalue weighted by atomic mass is 32.2. The van der Waals surface area contributed by atoms with Gasteiger partial charge in [-0.15, -0.1) is 0 Å². The molecule has 3 rings (SSSR count). The van der Waals surface area contributed by atoms with Crippen LogP contribution in [0, 0.1) is 0 Å². The number of carbonyl (C=O) groups excluding carboxylic acids is 1. The molecule has 0 unspecified atom stereocenters. The minimum Gasteiger partial charge on any atom is -0.485 e. The average molecular weight is 491 g/mol. The van der Waals surface area contributed by atoms with Crippen LogP contribution in [0.2, 0.25) is 0 Å². The molecule has 1 aliphatic heterocycles. The Balaban J connectivity index is 2.04. The summed E-state index contributed by atoms with van der Waals surface area (Å²) in [4.78, 5) is 14.9. The fourth-order valence-electron chi connectivity index (χ4n) is 3.94. The third kappa shape index (κ3) is 6.42. The number of sulfonamides is 1. The van der Waals surface area contributed by atoms with E-state index in [4.69, 9.17) is 9.47 Å². The Kier molecular flexibility index (Phi) is 7.19. The molecule has 0 fully saturated rings. The van der Waals surface area contributed by atoms with Gasteiger partial charge in [-0.1, -0.05) is 36.4 Å². The van der Waals surface area contributed by atoms with Gasteiger partial charge in [0.15, 0.2) is 0 Å². The normalized spacial score (nSPS) is 19.5. The summed E-state index contributed by atoms with van der Waals surface area (Å²) in [5, 5.41) is 11.3. The molecule has 8 nitrogen and oxygen atoms in total. The molecule has 1 amide bonds. The van der Waals surface area contributed by atoms with E-state index in [2.05, 4.69) is 4.72 Å². The molecule has 9 heteroatoms. The zero-order chi connectivity index (χ0) is 25.3. The Hall–Kier alpha value is -2.78. The van der Waals surface area contributed by atoms with E-state index in [0.29, 0.717) is 30.0 Å². The molecule has 1 heterocycles. The van der Waals surface area contributed by atoms with Gasteiger partial charge in [-0.25, -0.2) is 13.2 Å². The van der Waals surface area contributed by atoms with Crippen molar-refractivity contribution in [1.29, 1.82) is 0 Å². The van der Waals surface area contributed by atoms with Crippen LogP contribution in [0.5, 0.6) is 5.75 Å². The van der Waals surface area contributed by atoms with Crippen LogP contribution in [0.1, 0.15) is 51.8 Å². The maximum absolute atomic E-state index is 13.4. The molecule has 2 atom stereocenters. The molecule has 0 saturated heterocycles. The first-order valence-corrected chi connectivity index (χ1v) is 13.1. The Morgan fingerprint density at radius 1 is 1.18 bits per heavy atom. The first-order chi connectivity index (χ1) is 15.7. The zero-order valence-corrected chi connectivity index (χ0v) is 21.3. The fourth-order valence-corrected chi connectivity index (χ4v) is 4.49. The standard InChI is InChI=1S/C25H34N2O6S/c1-24(2,3)33-23(29)27(15-14-17-10-8-7-9-11-17)21-19-13-12-18(26-34(6,30)31)16-20(19)32-25(4,5)22(21)28/h7-13,16,21-22,26,28H,14-15H2,1-6H3/t21-,22+/m0/s1. The number of hydrogen-bond acceptors (Lipinski definition) is 6. The summed E-state index contributed by atoms with van der Waals surface area (Å²) in [7, 11) is -3.49. The molecule has 1 aliphatic rings. The predicted octanol–water partition coefficient (Wildman–Crippen LogP) is 4.11. The maximum atomic E-state index is 13.4. The van der Waals surface area contributed by atoms with Crippen molar-refractivity contribution in [3.8, 4) is 5.75 Å². The lowest BCUT2D eigenvalue weighted by atomic mass is 9.85. The van der Waals surface area contributed by atoms with Gasteiger partial charge >= 0.3 is 6.09 Å². The van der Waals surface area contributed by atoms with Crippen LogP contribution in [-0.2, 0) is 21.2 Å². The number of anilines is 1. The van der Waals surface area contributed by atoms with E-state index < -0.39 is 39.5 Å². The Morgan fingerprint density at radius 3 is 2.41 bits per heavy atom. The minimum absolute atomic E-state index is 0.305. The van der Waals surface area contributed by atoms with Crippen molar-refractivity contribution >= 4 is 21.8 Å². The number of nitrogens with zero attached hydrogens (tertiary/aromatic N) is 1. The third-order valence-corrected chi connectivity index (χ3v) is 6.07. The maximum Gasteiger partial charge on any atom is 0.410 e. The van der Waals surface area contributed by atoms with Gasteiger partial charge in [0.25, 0.3) is 0 Å². The van der Waals surface area contributed by atoms with E-state index in [0.717, 1.165) is 11.8 Å². The summed E-state index contributed by atoms with van der Waals surface area (Å²) < 4.78 is 37.6. The number of hydrogen-bond donors (Lipinski definition) is 2. The molecule has 0 saturated carbocycles. The summed E-state index contributed by atoms with van der Waals surface area (Å²) >= 11 is 0. The minimum atomic E-state index is -3.49. The first kappa shape index (κ1) is 25.8. The summed E-state index contributed by atoms with van der Waals surface area (Å²) in [5.41, 5.74) is 0.184. The molecule has 0 aromatic heterocycles. The van der Waals surface area contributed by atoms with Crippen molar-refractivity contribution in [3.63, 3.8) is 0 Å². The molecule has 186 valence electrons. The molecule has 0 spiro atoms. The lowest BCUT2D eigenvalue weighted by Gasteiger charge is -2.46. The lowest BCUT2D eigenvalue weighted by Crippen LogP contribution is -2.55. The molecule has 0 aliphatic carbocycles. The van der Waals surface area contributed by atoms with Crippen molar-refractivity contribution in [3.05, 3.63) is 59.7 Å². The van der Waals surface area contributed by atoms with Gasteiger partial charge in [0, 0.05) is 18.2 Å². The van der Waals surface area contributed by atoms with Gasteiger partial charge in [0.05, 0.1) is 18.0 Å². The lowest BCUT2D eigenvalue weighted by molar-refractivity contribution is -0.0937. The smallest absolute Gasteiger partial charge is 0.410 e. The quantitative estimate of drug-likeness (QED) is 0.631. The van der Waals surface area contributed by atoms with Crippen LogP contribution >= 0.6 is 0 Å². The SMILES string of the molecule is CC(C)(C)OC(=O)N(CCc1ccccc1)[C@H]1c2ccc(NS(C)(=O)=O)cc2OC(C)(C)[C@@H]1O. The van der Waals surface area contributed by atoms with Crippen LogP contribution in [0.25, 0.3) is 0 Å². The van der Waals surface area contributed by atoms with E-state index in [9.17, 15) is 18.3 Å². The predicted molar refractivity (Wildman–Crippen MR) is 131 cm³/mol. The number of carbonyl (C=O) groups is 1. The fraction of sp³-hybridized carbons (Fsp3) is 0.480. The van der Waals surface area contributed by atoms with Crippen molar-refractivity contribution in [1.82, 2.24) is 4.90 Å². The highest BCUT2D eigenvalue weighted by Crippen LogP contribution is 2.44. The number of nitrogens with one attached hydrogen (secondary N) is 1. The second kappa shape index (κ2) is 9.46. The highest BCUT2D eigenvalue weighted by Gasteiger charge is 2.47. The number of aliphatic hydroxyl groups is 1. The largest absolute Gasteiger partial charge is 0.485 e. The van der Waals surface area contributed by atoms with Crippen molar-refractivity contribution in [2.75, 3.05) is 17.5 Å². The van der Waals surface area contributed by atoms with E-state index >= 15 is 0 Å². The molecular formula is C25H34N2O6S. The molecule has 2 N–H and O–H groups in total. The Morgan fingerprint density at radius 2 is 1.82 bits per heavy atom. The zero-order valence-electron chi connectivity index (χ0n) is 20.5. The molecule has 2 aromatic rings. The van der Waals surface area contributed by atoms with Crippen LogP contribution in [-0.4, -0.2) is 54.6 Å². The Bertz CT molecular complexity index is 1130. The van der Waals surface area contributed by atoms with E-state index in [1.165, 1.54) is 4.90 Å². The molecular weight excluding hydrogens is 456 g/mol. The van der Waals surface area contributed by atoms with Crippen molar-refractivity contribution in [2.45, 2.75) is 64.4 Å². The molecule has 2 aromatic carbocycles. The summed E-state index contributed by atoms with van der Waals surface area (Å²) in [6.45, 7) is 9.15. The molecule has 0 radical (unpaired) electrons. The second-order valence-corrected chi connectivity index (χ2v) is 11.9. The van der Waals surface area contributed by atoms with Gasteiger partial charge in [0.1, 0.15) is 23.1 Å². The van der Waals surface area contributed by atoms with Crippen LogP contribution in [0.4, 0.5) is 10.5 Å². The topological polar surface area (TPSA) is 105 Å². The monoisotopic (exact) mass is 490 g/mol. The average Bonchev–Trinajstić information content (AvgIpc) is 2.68. The molecule has 34 heavy (non-hydrogen) atoms. The highest BCUT2D eigenvalue weighted by molar-refractivity contribution is 7.92. The molecule has 0 bridgehead atoms. The Labute approximate surface area is 201 Å². The van der Waals surface area contributed by atoms with Gasteiger partial charge in [-0.2, -0.15) is 0 Å². The van der Waals surface area contributed by atoms with Crippen LogP contribution < -0.4 is 9.46 Å². The summed E-state index contributed by atoms with van der Waals surface area (Å²) in [6, 6.07) is 13.8. The number of amides is 1. The van der Waals surface area contributed by atoms with Crippen molar-refractivity contribution in [2.24, 2.45) is 0 Å². The number of rotatable bonds is 6. The van der Waals surface area contributed by atoms with E-state index in [-0.39, 0.29) is 0 Å². The van der Waals surface area contributed by atoms with Gasteiger partial charge in [-0.3, -0.25) is 9.62 Å².